The van der Waals surface area contributed by atoms with Gasteiger partial charge in [-0.05, 0) is 65.8 Å². The molecule has 1 unspecified atom stereocenters. The summed E-state index contributed by atoms with van der Waals surface area (Å²) in [5.74, 6) is 2.06. The normalized spacial score (nSPS) is 17.6. The van der Waals surface area contributed by atoms with Gasteiger partial charge in [-0.1, -0.05) is 24.3 Å². The van der Waals surface area contributed by atoms with Crippen LogP contribution in [0.15, 0.2) is 54.6 Å². The van der Waals surface area contributed by atoms with Gasteiger partial charge < -0.3 is 18.9 Å². The lowest BCUT2D eigenvalue weighted by Crippen LogP contribution is -2.09. The molecule has 1 heterocycles. The number of nitrogens with zero attached hydrogens (tertiary/aromatic N) is 1. The van der Waals surface area contributed by atoms with Crippen molar-refractivity contribution in [2.45, 2.75) is 37.7 Å². The largest absolute Gasteiger partial charge is 0.497 e. The summed E-state index contributed by atoms with van der Waals surface area (Å²) in [6.07, 6.45) is 2.59. The molecule has 2 aliphatic rings. The Balaban J connectivity index is 1.37. The quantitative estimate of drug-likeness (QED) is 0.439. The summed E-state index contributed by atoms with van der Waals surface area (Å²) in [4.78, 5) is 11.7. The van der Waals surface area contributed by atoms with Gasteiger partial charge in [-0.25, -0.2) is 0 Å². The van der Waals surface area contributed by atoms with Crippen LogP contribution in [0.1, 0.15) is 58.2 Å². The second kappa shape index (κ2) is 9.71. The molecule has 0 saturated heterocycles. The summed E-state index contributed by atoms with van der Waals surface area (Å²) in [7, 11) is 3.06. The number of ether oxygens (including phenoxy) is 4. The number of esters is 1. The smallest absolute Gasteiger partial charge is 0.306 e. The van der Waals surface area contributed by atoms with Crippen molar-refractivity contribution in [2.24, 2.45) is 0 Å². The molecule has 1 aliphatic carbocycles. The number of fused-ring (bicyclic) bond motifs is 2. The molecule has 6 nitrogen and oxygen atoms in total. The number of nitriles is 1. The third-order valence-electron chi connectivity index (χ3n) is 6.89. The Hall–Kier alpha value is -3.98. The number of rotatable bonds is 7. The minimum absolute atomic E-state index is 0.00211. The van der Waals surface area contributed by atoms with Crippen LogP contribution in [-0.2, 0) is 22.4 Å². The van der Waals surface area contributed by atoms with Gasteiger partial charge in [-0.2, -0.15) is 5.26 Å². The molecule has 0 bridgehead atoms. The minimum atomic E-state index is -0.240. The van der Waals surface area contributed by atoms with E-state index in [0.717, 1.165) is 52.3 Å². The zero-order valence-corrected chi connectivity index (χ0v) is 19.9. The van der Waals surface area contributed by atoms with Gasteiger partial charge in [0, 0.05) is 17.5 Å². The Bertz CT molecular complexity index is 1310. The summed E-state index contributed by atoms with van der Waals surface area (Å²) in [6, 6.07) is 20.1. The van der Waals surface area contributed by atoms with E-state index < -0.39 is 0 Å². The molecule has 0 radical (unpaired) electrons. The van der Waals surface area contributed by atoms with Crippen LogP contribution in [-0.4, -0.2) is 26.8 Å². The molecular formula is C29H27NO5. The van der Waals surface area contributed by atoms with E-state index >= 15 is 0 Å². The van der Waals surface area contributed by atoms with Crippen molar-refractivity contribution in [3.05, 3.63) is 88.0 Å². The van der Waals surface area contributed by atoms with E-state index in [1.807, 2.05) is 48.5 Å². The van der Waals surface area contributed by atoms with Crippen LogP contribution in [0, 0.1) is 11.3 Å². The van der Waals surface area contributed by atoms with Gasteiger partial charge >= 0.3 is 5.97 Å². The number of methoxy groups -OCH3 is 2. The van der Waals surface area contributed by atoms with Crippen molar-refractivity contribution < 1.29 is 23.7 Å². The maximum atomic E-state index is 11.7. The second-order valence-electron chi connectivity index (χ2n) is 8.93. The Morgan fingerprint density at radius 2 is 1.94 bits per heavy atom. The fourth-order valence-electron chi connectivity index (χ4n) is 5.10. The van der Waals surface area contributed by atoms with Crippen LogP contribution in [0.5, 0.6) is 17.2 Å². The number of hydrogen-bond donors (Lipinski definition) is 0. The topological polar surface area (TPSA) is 77.8 Å². The van der Waals surface area contributed by atoms with Gasteiger partial charge in [0.2, 0.25) is 0 Å². The average molecular weight is 470 g/mol. The van der Waals surface area contributed by atoms with E-state index in [9.17, 15) is 10.1 Å². The summed E-state index contributed by atoms with van der Waals surface area (Å²) >= 11 is 0. The third kappa shape index (κ3) is 4.54. The Morgan fingerprint density at radius 3 is 2.74 bits per heavy atom. The molecule has 2 atom stereocenters. The summed E-state index contributed by atoms with van der Waals surface area (Å²) in [5, 5.41) is 9.76. The molecule has 3 aromatic carbocycles. The molecule has 0 amide bonds. The first-order valence-electron chi connectivity index (χ1n) is 11.8. The van der Waals surface area contributed by atoms with E-state index in [2.05, 4.69) is 12.1 Å². The molecule has 3 aromatic rings. The Kier molecular flexibility index (Phi) is 6.33. The van der Waals surface area contributed by atoms with Crippen LogP contribution in [0.3, 0.4) is 0 Å². The van der Waals surface area contributed by atoms with Gasteiger partial charge in [0.25, 0.3) is 0 Å². The molecule has 6 heteroatoms. The highest BCUT2D eigenvalue weighted by Gasteiger charge is 2.30. The fourth-order valence-corrected chi connectivity index (χ4v) is 5.10. The molecule has 0 fully saturated rings. The summed E-state index contributed by atoms with van der Waals surface area (Å²) < 4.78 is 22.4. The highest BCUT2D eigenvalue weighted by atomic mass is 16.5. The van der Waals surface area contributed by atoms with Gasteiger partial charge in [0.1, 0.15) is 23.4 Å². The van der Waals surface area contributed by atoms with Crippen molar-refractivity contribution >= 4 is 5.97 Å². The average Bonchev–Trinajstić information content (AvgIpc) is 3.48. The molecule has 35 heavy (non-hydrogen) atoms. The van der Waals surface area contributed by atoms with Crippen LogP contribution in [0.4, 0.5) is 0 Å². The third-order valence-corrected chi connectivity index (χ3v) is 6.89. The number of hydrogen-bond acceptors (Lipinski definition) is 6. The Morgan fingerprint density at radius 1 is 1.09 bits per heavy atom. The molecule has 178 valence electrons. The van der Waals surface area contributed by atoms with Crippen molar-refractivity contribution in [1.29, 1.82) is 5.26 Å². The highest BCUT2D eigenvalue weighted by Crippen LogP contribution is 2.42. The first-order chi connectivity index (χ1) is 17.1. The molecule has 0 saturated carbocycles. The maximum Gasteiger partial charge on any atom is 0.306 e. The summed E-state index contributed by atoms with van der Waals surface area (Å²) in [5.41, 5.74) is 6.21. The number of carbonyl (C=O) groups is 1. The summed E-state index contributed by atoms with van der Waals surface area (Å²) in [6.45, 7) is 0.463. The van der Waals surface area contributed by atoms with Crippen LogP contribution < -0.4 is 14.2 Å². The zero-order valence-electron chi connectivity index (χ0n) is 19.9. The predicted molar refractivity (Wildman–Crippen MR) is 130 cm³/mol. The van der Waals surface area contributed by atoms with Gasteiger partial charge in [0.15, 0.2) is 0 Å². The number of benzene rings is 3. The van der Waals surface area contributed by atoms with Gasteiger partial charge in [-0.3, -0.25) is 4.79 Å². The van der Waals surface area contributed by atoms with Crippen LogP contribution >= 0.6 is 0 Å². The van der Waals surface area contributed by atoms with Crippen molar-refractivity contribution in [3.63, 3.8) is 0 Å². The lowest BCUT2D eigenvalue weighted by molar-refractivity contribution is -0.141. The van der Waals surface area contributed by atoms with Crippen molar-refractivity contribution in [3.8, 4) is 23.3 Å². The molecule has 0 spiro atoms. The Labute approximate surface area is 205 Å². The second-order valence-corrected chi connectivity index (χ2v) is 8.93. The molecule has 0 N–H and O–H groups in total. The number of carbonyl (C=O) groups excluding carboxylic acids is 1. The van der Waals surface area contributed by atoms with Crippen LogP contribution in [0.2, 0.25) is 0 Å². The van der Waals surface area contributed by atoms with E-state index in [4.69, 9.17) is 18.9 Å². The van der Waals surface area contributed by atoms with E-state index in [1.54, 1.807) is 7.11 Å². The van der Waals surface area contributed by atoms with E-state index in [-0.39, 0.29) is 18.0 Å². The first-order valence-corrected chi connectivity index (χ1v) is 11.8. The SMILES string of the molecule is COC(=O)CC1COc2cc(O[C@@H]3CCc4c3ccc(C#N)c4Cc3cccc(OC)c3)ccc21. The van der Waals surface area contributed by atoms with Crippen LogP contribution in [0.25, 0.3) is 0 Å². The minimum Gasteiger partial charge on any atom is -0.497 e. The highest BCUT2D eigenvalue weighted by molar-refractivity contribution is 5.71. The molecule has 5 rings (SSSR count). The molecular weight excluding hydrogens is 442 g/mol. The van der Waals surface area contributed by atoms with Crippen molar-refractivity contribution in [1.82, 2.24) is 0 Å². The van der Waals surface area contributed by atoms with E-state index in [0.29, 0.717) is 25.0 Å². The van der Waals surface area contributed by atoms with E-state index in [1.165, 1.54) is 12.7 Å². The molecule has 0 aromatic heterocycles. The van der Waals surface area contributed by atoms with Gasteiger partial charge in [-0.15, -0.1) is 0 Å². The lowest BCUT2D eigenvalue weighted by Gasteiger charge is -2.17. The fraction of sp³-hybridized carbons (Fsp3) is 0.310. The first kappa shape index (κ1) is 22.8. The standard InChI is InChI=1S/C29H27NO5/c1-32-21-5-3-4-18(12-21)13-26-19(16-30)6-8-25-24(26)10-11-27(25)35-22-7-9-23-20(14-29(31)33-2)17-34-28(23)15-22/h3-9,12,15,20,27H,10-11,13-14,17H2,1-2H3/t20?,27-/m1/s1. The maximum absolute atomic E-state index is 11.7. The zero-order chi connectivity index (χ0) is 24.4. The monoisotopic (exact) mass is 469 g/mol. The van der Waals surface area contributed by atoms with Crippen molar-refractivity contribution in [2.75, 3.05) is 20.8 Å². The lowest BCUT2D eigenvalue weighted by atomic mass is 9.92. The molecule has 1 aliphatic heterocycles. The predicted octanol–water partition coefficient (Wildman–Crippen LogP) is 5.26. The van der Waals surface area contributed by atoms with Gasteiger partial charge in [0.05, 0.1) is 38.9 Å².